The molecular formula is C25H19N7OS. The minimum absolute atomic E-state index is 0.131. The molecule has 3 aromatic heterocycles. The predicted molar refractivity (Wildman–Crippen MR) is 133 cm³/mol. The van der Waals surface area contributed by atoms with Crippen molar-refractivity contribution < 1.29 is 4.79 Å². The minimum Gasteiger partial charge on any atom is -0.272 e. The number of nitrogens with one attached hydrogen (secondary N) is 1. The van der Waals surface area contributed by atoms with Gasteiger partial charge in [0.1, 0.15) is 0 Å². The second-order valence-electron chi connectivity index (χ2n) is 7.22. The van der Waals surface area contributed by atoms with Crippen LogP contribution in [0.25, 0.3) is 28.0 Å². The lowest BCUT2D eigenvalue weighted by Crippen LogP contribution is -2.20. The van der Waals surface area contributed by atoms with Crippen LogP contribution in [0.15, 0.2) is 102 Å². The van der Waals surface area contributed by atoms with E-state index in [-0.39, 0.29) is 11.7 Å². The maximum atomic E-state index is 12.5. The summed E-state index contributed by atoms with van der Waals surface area (Å²) in [6.45, 7) is 0. The molecule has 9 heteroatoms. The van der Waals surface area contributed by atoms with Gasteiger partial charge in [-0.3, -0.25) is 19.3 Å². The van der Waals surface area contributed by atoms with Crippen LogP contribution in [0.5, 0.6) is 0 Å². The molecule has 34 heavy (non-hydrogen) atoms. The van der Waals surface area contributed by atoms with Crippen molar-refractivity contribution in [3.05, 3.63) is 97.0 Å². The molecule has 5 rings (SSSR count). The van der Waals surface area contributed by atoms with Crippen molar-refractivity contribution in [1.82, 2.24) is 30.2 Å². The van der Waals surface area contributed by atoms with Crippen molar-refractivity contribution in [3.63, 3.8) is 0 Å². The molecule has 5 aromatic rings. The van der Waals surface area contributed by atoms with Gasteiger partial charge in [0.2, 0.25) is 0 Å². The molecule has 8 nitrogen and oxygen atoms in total. The number of nitrogens with zero attached hydrogens (tertiary/aromatic N) is 6. The van der Waals surface area contributed by atoms with Gasteiger partial charge >= 0.3 is 0 Å². The Morgan fingerprint density at radius 1 is 0.941 bits per heavy atom. The van der Waals surface area contributed by atoms with E-state index in [0.717, 1.165) is 27.7 Å². The number of hydrogen-bond donors (Lipinski definition) is 1. The van der Waals surface area contributed by atoms with Gasteiger partial charge in [-0.25, -0.2) is 5.43 Å². The van der Waals surface area contributed by atoms with Gasteiger partial charge in [0.25, 0.3) is 5.91 Å². The van der Waals surface area contributed by atoms with Crippen LogP contribution < -0.4 is 5.43 Å². The lowest BCUT2D eigenvalue weighted by atomic mass is 10.1. The van der Waals surface area contributed by atoms with E-state index >= 15 is 0 Å². The first-order valence-electron chi connectivity index (χ1n) is 10.5. The van der Waals surface area contributed by atoms with Crippen LogP contribution in [0.1, 0.15) is 5.56 Å². The fourth-order valence-electron chi connectivity index (χ4n) is 3.43. The summed E-state index contributed by atoms with van der Waals surface area (Å²) >= 11 is 1.29. The Bertz CT molecular complexity index is 1450. The van der Waals surface area contributed by atoms with Crippen molar-refractivity contribution in [2.75, 3.05) is 5.75 Å². The van der Waals surface area contributed by atoms with E-state index in [1.807, 2.05) is 77.4 Å². The van der Waals surface area contributed by atoms with Crippen LogP contribution in [-0.4, -0.2) is 42.6 Å². The number of para-hydroxylation sites is 2. The number of carbonyl (C=O) groups excluding carboxylic acids is 1. The van der Waals surface area contributed by atoms with E-state index < -0.39 is 0 Å². The first kappa shape index (κ1) is 21.5. The molecule has 3 heterocycles. The highest BCUT2D eigenvalue weighted by Gasteiger charge is 2.17. The number of thioether (sulfide) groups is 1. The van der Waals surface area contributed by atoms with Crippen LogP contribution in [-0.2, 0) is 4.79 Å². The average Bonchev–Trinajstić information content (AvgIpc) is 3.33. The summed E-state index contributed by atoms with van der Waals surface area (Å²) in [6, 6.07) is 23.2. The number of rotatable bonds is 7. The second-order valence-corrected chi connectivity index (χ2v) is 8.16. The number of aromatic nitrogens is 5. The third-order valence-electron chi connectivity index (χ3n) is 4.98. The van der Waals surface area contributed by atoms with Crippen molar-refractivity contribution in [2.24, 2.45) is 5.10 Å². The zero-order valence-corrected chi connectivity index (χ0v) is 18.8. The van der Waals surface area contributed by atoms with E-state index in [4.69, 9.17) is 0 Å². The van der Waals surface area contributed by atoms with Crippen LogP contribution >= 0.6 is 11.8 Å². The lowest BCUT2D eigenvalue weighted by Gasteiger charge is -2.10. The SMILES string of the molecule is O=C(CSc1nnc(-c2ccncc2)n1-c1ccccc1)NN=Cc1cccc2cccnc12. The third kappa shape index (κ3) is 4.69. The predicted octanol–water partition coefficient (Wildman–Crippen LogP) is 4.12. The molecule has 0 aliphatic carbocycles. The van der Waals surface area contributed by atoms with Gasteiger partial charge in [0, 0.05) is 40.8 Å². The molecule has 0 unspecified atom stereocenters. The molecule has 0 saturated carbocycles. The Balaban J connectivity index is 1.31. The molecule has 0 bridgehead atoms. The molecule has 0 atom stereocenters. The Kier molecular flexibility index (Phi) is 6.35. The molecule has 0 fully saturated rings. The average molecular weight is 466 g/mol. The molecule has 0 radical (unpaired) electrons. The zero-order valence-electron chi connectivity index (χ0n) is 17.9. The number of carbonyl (C=O) groups is 1. The quantitative estimate of drug-likeness (QED) is 0.221. The summed E-state index contributed by atoms with van der Waals surface area (Å²) in [5.41, 5.74) is 6.03. The van der Waals surface area contributed by atoms with Crippen molar-refractivity contribution in [3.8, 4) is 17.1 Å². The highest BCUT2D eigenvalue weighted by molar-refractivity contribution is 7.99. The third-order valence-corrected chi connectivity index (χ3v) is 5.90. The smallest absolute Gasteiger partial charge is 0.250 e. The topological polar surface area (TPSA) is 98.0 Å². The summed E-state index contributed by atoms with van der Waals surface area (Å²) in [5, 5.41) is 14.4. The number of hydrogen-bond acceptors (Lipinski definition) is 7. The maximum Gasteiger partial charge on any atom is 0.250 e. The normalized spacial score (nSPS) is 11.2. The minimum atomic E-state index is -0.248. The molecule has 1 amide bonds. The standard InChI is InChI=1S/C25H19N7OS/c33-22(29-28-16-20-7-4-6-18-8-5-13-27-23(18)20)17-34-25-31-30-24(19-11-14-26-15-12-19)32(25)21-9-2-1-3-10-21/h1-16H,17H2,(H,29,33). The van der Waals surface area contributed by atoms with E-state index in [9.17, 15) is 4.79 Å². The van der Waals surface area contributed by atoms with Gasteiger partial charge < -0.3 is 0 Å². The first-order valence-corrected chi connectivity index (χ1v) is 11.5. The molecule has 1 N–H and O–H groups in total. The largest absolute Gasteiger partial charge is 0.272 e. The van der Waals surface area contributed by atoms with Crippen molar-refractivity contribution >= 4 is 34.8 Å². The molecule has 166 valence electrons. The van der Waals surface area contributed by atoms with E-state index in [2.05, 4.69) is 30.7 Å². The Morgan fingerprint density at radius 2 is 1.76 bits per heavy atom. The second kappa shape index (κ2) is 10.1. The van der Waals surface area contributed by atoms with E-state index in [1.165, 1.54) is 11.8 Å². The maximum absolute atomic E-state index is 12.5. The van der Waals surface area contributed by atoms with Gasteiger partial charge in [0.15, 0.2) is 11.0 Å². The van der Waals surface area contributed by atoms with Gasteiger partial charge in [0.05, 0.1) is 17.5 Å². The lowest BCUT2D eigenvalue weighted by molar-refractivity contribution is -0.118. The van der Waals surface area contributed by atoms with Crippen LogP contribution in [0.4, 0.5) is 0 Å². The van der Waals surface area contributed by atoms with Gasteiger partial charge in [-0.2, -0.15) is 5.10 Å². The number of fused-ring (bicyclic) bond motifs is 1. The molecule has 0 saturated heterocycles. The number of benzene rings is 2. The highest BCUT2D eigenvalue weighted by atomic mass is 32.2. The monoisotopic (exact) mass is 465 g/mol. The van der Waals surface area contributed by atoms with Crippen molar-refractivity contribution in [2.45, 2.75) is 5.16 Å². The molecule has 0 aliphatic rings. The van der Waals surface area contributed by atoms with Crippen LogP contribution in [0.2, 0.25) is 0 Å². The Labute approximate surface area is 199 Å². The van der Waals surface area contributed by atoms with Gasteiger partial charge in [-0.15, -0.1) is 10.2 Å². The van der Waals surface area contributed by atoms with Gasteiger partial charge in [-0.1, -0.05) is 54.2 Å². The summed E-state index contributed by atoms with van der Waals surface area (Å²) in [5.74, 6) is 0.562. The highest BCUT2D eigenvalue weighted by Crippen LogP contribution is 2.27. The van der Waals surface area contributed by atoms with Crippen LogP contribution in [0.3, 0.4) is 0 Å². The van der Waals surface area contributed by atoms with Gasteiger partial charge in [-0.05, 0) is 30.3 Å². The Hall–Kier alpha value is -4.37. The number of pyridine rings is 2. The zero-order chi connectivity index (χ0) is 23.2. The number of hydrazone groups is 1. The van der Waals surface area contributed by atoms with E-state index in [0.29, 0.717) is 11.0 Å². The van der Waals surface area contributed by atoms with Crippen molar-refractivity contribution in [1.29, 1.82) is 0 Å². The summed E-state index contributed by atoms with van der Waals surface area (Å²) in [7, 11) is 0. The summed E-state index contributed by atoms with van der Waals surface area (Å²) in [4.78, 5) is 20.9. The molecule has 0 aliphatic heterocycles. The fourth-order valence-corrected chi connectivity index (χ4v) is 4.17. The molecular weight excluding hydrogens is 446 g/mol. The fraction of sp³-hybridized carbons (Fsp3) is 0.0400. The Morgan fingerprint density at radius 3 is 2.62 bits per heavy atom. The first-order chi connectivity index (χ1) is 16.8. The number of amides is 1. The molecule has 2 aromatic carbocycles. The summed E-state index contributed by atoms with van der Waals surface area (Å²) < 4.78 is 1.93. The van der Waals surface area contributed by atoms with Crippen LogP contribution in [0, 0.1) is 0 Å². The van der Waals surface area contributed by atoms with E-state index in [1.54, 1.807) is 24.8 Å². The molecule has 0 spiro atoms. The summed E-state index contributed by atoms with van der Waals surface area (Å²) in [6.07, 6.45) is 6.76.